The zero-order valence-electron chi connectivity index (χ0n) is 14.4. The predicted molar refractivity (Wildman–Crippen MR) is 101 cm³/mol. The Morgan fingerprint density at radius 1 is 1.11 bits per heavy atom. The maximum Gasteiger partial charge on any atom is 0.416 e. The number of benzene rings is 2. The molecule has 0 radical (unpaired) electrons. The zero-order valence-corrected chi connectivity index (χ0v) is 16.0. The Morgan fingerprint density at radius 2 is 1.81 bits per heavy atom. The Kier molecular flexibility index (Phi) is 6.44. The molecule has 0 spiro atoms. The monoisotopic (exact) mass is 420 g/mol. The Hall–Kier alpha value is -1.77. The lowest BCUT2D eigenvalue weighted by Gasteiger charge is -2.31. The van der Waals surface area contributed by atoms with Gasteiger partial charge in [-0.1, -0.05) is 30.3 Å². The maximum absolute atomic E-state index is 13.2. The third-order valence-electron chi connectivity index (χ3n) is 4.45. The fourth-order valence-corrected chi connectivity index (χ4v) is 4.91. The second-order valence-electron chi connectivity index (χ2n) is 6.25. The summed E-state index contributed by atoms with van der Waals surface area (Å²) in [7, 11) is -3.95. The Labute approximate surface area is 162 Å². The average molecular weight is 421 g/mol. The molecule has 2 aromatic rings. The van der Waals surface area contributed by atoms with Crippen molar-refractivity contribution in [3.63, 3.8) is 0 Å². The molecule has 3 rings (SSSR count). The van der Waals surface area contributed by atoms with Gasteiger partial charge in [0, 0.05) is 13.1 Å². The van der Waals surface area contributed by atoms with E-state index in [1.807, 2.05) is 6.07 Å². The van der Waals surface area contributed by atoms with E-state index in [0.717, 1.165) is 17.2 Å². The second-order valence-corrected chi connectivity index (χ2v) is 8.15. The minimum Gasteiger partial charge on any atom is -0.326 e. The number of sulfonamides is 1. The van der Waals surface area contributed by atoms with Crippen LogP contribution < -0.4 is 10.0 Å². The first-order valence-electron chi connectivity index (χ1n) is 8.20. The summed E-state index contributed by atoms with van der Waals surface area (Å²) in [5.41, 5.74) is 6.74. The van der Waals surface area contributed by atoms with Crippen molar-refractivity contribution in [1.82, 2.24) is 0 Å². The van der Waals surface area contributed by atoms with E-state index in [1.54, 1.807) is 12.1 Å². The molecule has 2 aromatic carbocycles. The summed E-state index contributed by atoms with van der Waals surface area (Å²) in [4.78, 5) is 0. The summed E-state index contributed by atoms with van der Waals surface area (Å²) in [5, 5.41) is 0. The van der Waals surface area contributed by atoms with Crippen LogP contribution in [0.3, 0.4) is 0 Å². The molecule has 2 N–H and O–H groups in total. The quantitative estimate of drug-likeness (QED) is 0.816. The number of hydrogen-bond donors (Lipinski definition) is 1. The van der Waals surface area contributed by atoms with Gasteiger partial charge in [0.25, 0.3) is 0 Å². The second kappa shape index (κ2) is 8.08. The van der Waals surface area contributed by atoms with Gasteiger partial charge in [0.15, 0.2) is 0 Å². The van der Waals surface area contributed by atoms with E-state index in [4.69, 9.17) is 5.73 Å². The summed E-state index contributed by atoms with van der Waals surface area (Å²) in [6.07, 6.45) is -3.27. The highest BCUT2D eigenvalue weighted by Crippen LogP contribution is 2.35. The summed E-state index contributed by atoms with van der Waals surface area (Å²) in [5.74, 6) is -0.694. The Balaban J connectivity index is 0.00000261. The molecule has 1 aliphatic heterocycles. The third kappa shape index (κ3) is 4.56. The topological polar surface area (TPSA) is 63.4 Å². The van der Waals surface area contributed by atoms with Crippen molar-refractivity contribution < 1.29 is 21.6 Å². The summed E-state index contributed by atoms with van der Waals surface area (Å²) >= 11 is 0. The van der Waals surface area contributed by atoms with Crippen LogP contribution in [0.4, 0.5) is 18.9 Å². The van der Waals surface area contributed by atoms with Crippen molar-refractivity contribution in [2.45, 2.75) is 31.3 Å². The van der Waals surface area contributed by atoms with Gasteiger partial charge in [-0.3, -0.25) is 4.31 Å². The van der Waals surface area contributed by atoms with Crippen molar-refractivity contribution in [2.24, 2.45) is 5.73 Å². The van der Waals surface area contributed by atoms with Crippen LogP contribution in [0.1, 0.15) is 28.7 Å². The molecule has 148 valence electrons. The maximum atomic E-state index is 13.2. The van der Waals surface area contributed by atoms with E-state index in [9.17, 15) is 21.6 Å². The average Bonchev–Trinajstić information content (AvgIpc) is 2.59. The largest absolute Gasteiger partial charge is 0.416 e. The molecule has 0 aromatic heterocycles. The summed E-state index contributed by atoms with van der Waals surface area (Å²) < 4.78 is 66.5. The van der Waals surface area contributed by atoms with Gasteiger partial charge >= 0.3 is 6.18 Å². The van der Waals surface area contributed by atoms with Crippen molar-refractivity contribution in [2.75, 3.05) is 10.8 Å². The molecule has 0 fully saturated rings. The molecule has 27 heavy (non-hydrogen) atoms. The van der Waals surface area contributed by atoms with Crippen molar-refractivity contribution in [1.29, 1.82) is 0 Å². The van der Waals surface area contributed by atoms with Crippen LogP contribution >= 0.6 is 12.4 Å². The van der Waals surface area contributed by atoms with Crippen molar-refractivity contribution >= 4 is 28.1 Å². The zero-order chi connectivity index (χ0) is 18.9. The van der Waals surface area contributed by atoms with Crippen molar-refractivity contribution in [3.05, 3.63) is 64.7 Å². The summed E-state index contributed by atoms with van der Waals surface area (Å²) in [6, 6.07) is 10.1. The lowest BCUT2D eigenvalue weighted by molar-refractivity contribution is -0.138. The number of nitrogens with two attached hydrogens (primary N) is 1. The molecule has 0 saturated carbocycles. The van der Waals surface area contributed by atoms with Crippen LogP contribution in [-0.4, -0.2) is 15.0 Å². The van der Waals surface area contributed by atoms with Crippen LogP contribution in [0.5, 0.6) is 0 Å². The van der Waals surface area contributed by atoms with Gasteiger partial charge < -0.3 is 5.73 Å². The van der Waals surface area contributed by atoms with Crippen LogP contribution in [0.25, 0.3) is 0 Å². The molecular formula is C18H20ClF3N2O2S. The minimum atomic E-state index is -4.60. The number of anilines is 1. The van der Waals surface area contributed by atoms with Gasteiger partial charge in [-0.05, 0) is 41.7 Å². The van der Waals surface area contributed by atoms with E-state index in [2.05, 4.69) is 0 Å². The Morgan fingerprint density at radius 3 is 2.48 bits per heavy atom. The van der Waals surface area contributed by atoms with Crippen LogP contribution in [-0.2, 0) is 34.9 Å². The number of alkyl halides is 3. The molecule has 0 atom stereocenters. The van der Waals surface area contributed by atoms with Crippen molar-refractivity contribution in [3.8, 4) is 0 Å². The van der Waals surface area contributed by atoms with E-state index in [1.165, 1.54) is 22.5 Å². The molecule has 0 unspecified atom stereocenters. The molecule has 4 nitrogen and oxygen atoms in total. The minimum absolute atomic E-state index is 0. The first kappa shape index (κ1) is 21.5. The molecule has 0 aliphatic carbocycles. The van der Waals surface area contributed by atoms with E-state index < -0.39 is 27.5 Å². The molecule has 0 bridgehead atoms. The lowest BCUT2D eigenvalue weighted by Crippen LogP contribution is -2.36. The normalized spacial score (nSPS) is 14.4. The fraction of sp³-hybridized carbons (Fsp3) is 0.333. The van der Waals surface area contributed by atoms with E-state index in [-0.39, 0.29) is 24.5 Å². The number of halogens is 4. The van der Waals surface area contributed by atoms with Gasteiger partial charge in [-0.15, -0.1) is 12.4 Å². The predicted octanol–water partition coefficient (Wildman–Crippen LogP) is 3.87. The number of aryl methyl sites for hydroxylation is 1. The highest BCUT2D eigenvalue weighted by molar-refractivity contribution is 7.92. The highest BCUT2D eigenvalue weighted by atomic mass is 35.5. The highest BCUT2D eigenvalue weighted by Gasteiger charge is 2.35. The van der Waals surface area contributed by atoms with Gasteiger partial charge in [0.05, 0.1) is 17.0 Å². The first-order valence-corrected chi connectivity index (χ1v) is 9.80. The fourth-order valence-electron chi connectivity index (χ4n) is 3.23. The number of fused-ring (bicyclic) bond motifs is 1. The van der Waals surface area contributed by atoms with Crippen LogP contribution in [0, 0.1) is 0 Å². The molecule has 9 heteroatoms. The molecule has 1 heterocycles. The number of rotatable bonds is 4. The standard InChI is InChI=1S/C18H19F3N2O2S.ClH/c19-18(20,21)16-6-2-1-4-15(16)12-26(24,25)23-9-3-5-14-10-13(11-22)7-8-17(14)23;/h1-2,4,6-8,10H,3,5,9,11-12,22H2;1H. The molecule has 1 aliphatic rings. The van der Waals surface area contributed by atoms with Crippen LogP contribution in [0.15, 0.2) is 42.5 Å². The van der Waals surface area contributed by atoms with Gasteiger partial charge in [-0.2, -0.15) is 13.2 Å². The smallest absolute Gasteiger partial charge is 0.326 e. The lowest BCUT2D eigenvalue weighted by atomic mass is 10.0. The van der Waals surface area contributed by atoms with Gasteiger partial charge in [0.1, 0.15) is 0 Å². The summed E-state index contributed by atoms with van der Waals surface area (Å²) in [6.45, 7) is 0.602. The van der Waals surface area contributed by atoms with Crippen LogP contribution in [0.2, 0.25) is 0 Å². The first-order chi connectivity index (χ1) is 12.2. The van der Waals surface area contributed by atoms with E-state index in [0.29, 0.717) is 25.1 Å². The van der Waals surface area contributed by atoms with Gasteiger partial charge in [-0.25, -0.2) is 8.42 Å². The number of nitrogens with zero attached hydrogens (tertiary/aromatic N) is 1. The SMILES string of the molecule is Cl.NCc1ccc2c(c1)CCCN2S(=O)(=O)Cc1ccccc1C(F)(F)F. The molecule has 0 saturated heterocycles. The van der Waals surface area contributed by atoms with E-state index >= 15 is 0 Å². The molecule has 0 amide bonds. The molecular weight excluding hydrogens is 401 g/mol. The third-order valence-corrected chi connectivity index (χ3v) is 6.18. The Bertz CT molecular complexity index is 917. The number of hydrogen-bond acceptors (Lipinski definition) is 3. The van der Waals surface area contributed by atoms with Gasteiger partial charge in [0.2, 0.25) is 10.0 Å².